The molecular formula is C35H50N4O6. The van der Waals surface area contributed by atoms with Crippen LogP contribution >= 0.6 is 0 Å². The highest BCUT2D eigenvalue weighted by Crippen LogP contribution is 2.39. The van der Waals surface area contributed by atoms with E-state index in [1.54, 1.807) is 5.48 Å². The third-order valence-electron chi connectivity index (χ3n) is 9.37. The molecule has 4 unspecified atom stereocenters. The van der Waals surface area contributed by atoms with Crippen molar-refractivity contribution in [2.24, 2.45) is 0 Å². The first-order valence-electron chi connectivity index (χ1n) is 16.8. The van der Waals surface area contributed by atoms with E-state index in [1.807, 2.05) is 48.5 Å². The van der Waals surface area contributed by atoms with Crippen LogP contribution in [0, 0.1) is 0 Å². The molecule has 0 aliphatic carbocycles. The van der Waals surface area contributed by atoms with Crippen LogP contribution < -0.4 is 10.8 Å². The van der Waals surface area contributed by atoms with E-state index in [2.05, 4.69) is 15.1 Å². The van der Waals surface area contributed by atoms with Gasteiger partial charge >= 0.3 is 0 Å². The Bertz CT molecular complexity index is 1200. The van der Waals surface area contributed by atoms with E-state index < -0.39 is 6.29 Å². The molecule has 0 radical (unpaired) electrons. The smallest absolute Gasteiger partial charge is 0.243 e. The summed E-state index contributed by atoms with van der Waals surface area (Å²) in [6.07, 6.45) is 9.05. The van der Waals surface area contributed by atoms with Gasteiger partial charge in [0.15, 0.2) is 6.29 Å². The number of hydrogen-bond acceptors (Lipinski definition) is 8. The zero-order valence-electron chi connectivity index (χ0n) is 26.4. The highest BCUT2D eigenvalue weighted by atomic mass is 16.7. The van der Waals surface area contributed by atoms with Gasteiger partial charge in [-0.2, -0.15) is 0 Å². The Morgan fingerprint density at radius 2 is 1.49 bits per heavy atom. The number of aliphatic hydroxyl groups is 1. The number of aliphatic hydroxyl groups excluding tert-OH is 1. The molecule has 0 aromatic heterocycles. The number of amides is 2. The van der Waals surface area contributed by atoms with E-state index >= 15 is 0 Å². The lowest BCUT2D eigenvalue weighted by atomic mass is 9.99. The Kier molecular flexibility index (Phi) is 12.8. The fraction of sp³-hybridized carbons (Fsp3) is 0.600. The molecule has 2 amide bonds. The van der Waals surface area contributed by atoms with Crippen LogP contribution in [0.2, 0.25) is 0 Å². The summed E-state index contributed by atoms with van der Waals surface area (Å²) in [6, 6.07) is 16.3. The summed E-state index contributed by atoms with van der Waals surface area (Å²) in [5.74, 6) is -0.419. The van der Waals surface area contributed by atoms with Crippen LogP contribution in [0.25, 0.3) is 0 Å². The second-order valence-electron chi connectivity index (χ2n) is 12.8. The summed E-state index contributed by atoms with van der Waals surface area (Å²) in [6.45, 7) is 5.59. The number of anilines is 1. The van der Waals surface area contributed by atoms with E-state index in [-0.39, 0.29) is 30.6 Å². The fourth-order valence-corrected chi connectivity index (χ4v) is 6.83. The van der Waals surface area contributed by atoms with Gasteiger partial charge < -0.3 is 24.8 Å². The molecular weight excluding hydrogens is 572 g/mol. The minimum atomic E-state index is -0.524. The van der Waals surface area contributed by atoms with Crippen molar-refractivity contribution in [2.45, 2.75) is 102 Å². The van der Waals surface area contributed by atoms with Gasteiger partial charge in [-0.05, 0) is 81.4 Å². The number of benzene rings is 2. The zero-order valence-corrected chi connectivity index (χ0v) is 26.4. The standard InChI is InChI=1S/C35H50N4O6/c40-25-26-11-13-27(14-12-26)32-22-31(24-39-21-7-8-30(39)23-38-19-5-6-20-38)44-35(45-32)28-15-17-29(18-16-28)36-33(41)9-3-1-2-4-10-34(42)37-43/h11-18,30-32,35,40,43H,1-10,19-25H2,(H,36,41)(H,37,42). The number of hydrogen-bond donors (Lipinski definition) is 4. The maximum Gasteiger partial charge on any atom is 0.243 e. The number of ether oxygens (including phenoxy) is 2. The third-order valence-corrected chi connectivity index (χ3v) is 9.37. The van der Waals surface area contributed by atoms with Crippen molar-refractivity contribution in [3.8, 4) is 0 Å². The second kappa shape index (κ2) is 17.2. The van der Waals surface area contributed by atoms with Gasteiger partial charge in [0.1, 0.15) is 0 Å². The van der Waals surface area contributed by atoms with E-state index in [0.717, 1.165) is 67.7 Å². The average molecular weight is 623 g/mol. The number of carbonyl (C=O) groups excluding carboxylic acids is 2. The molecule has 246 valence electrons. The van der Waals surface area contributed by atoms with Crippen molar-refractivity contribution in [3.05, 3.63) is 65.2 Å². The van der Waals surface area contributed by atoms with Crippen molar-refractivity contribution in [3.63, 3.8) is 0 Å². The maximum absolute atomic E-state index is 12.5. The molecule has 5 rings (SSSR count). The molecule has 2 aromatic carbocycles. The molecule has 2 aromatic rings. The van der Waals surface area contributed by atoms with Gasteiger partial charge in [-0.3, -0.25) is 19.7 Å². The lowest BCUT2D eigenvalue weighted by Gasteiger charge is -2.39. The quantitative estimate of drug-likeness (QED) is 0.123. The zero-order chi connectivity index (χ0) is 31.4. The first-order chi connectivity index (χ1) is 22.0. The summed E-state index contributed by atoms with van der Waals surface area (Å²) in [4.78, 5) is 28.8. The molecule has 4 atom stereocenters. The molecule has 3 saturated heterocycles. The summed E-state index contributed by atoms with van der Waals surface area (Å²) in [5, 5.41) is 21.1. The highest BCUT2D eigenvalue weighted by molar-refractivity contribution is 5.90. The molecule has 3 aliphatic heterocycles. The fourth-order valence-electron chi connectivity index (χ4n) is 6.83. The van der Waals surface area contributed by atoms with Gasteiger partial charge in [-0.25, -0.2) is 5.48 Å². The largest absolute Gasteiger partial charge is 0.392 e. The van der Waals surface area contributed by atoms with Gasteiger partial charge in [-0.1, -0.05) is 49.2 Å². The van der Waals surface area contributed by atoms with Gasteiger partial charge in [0, 0.05) is 49.6 Å². The normalized spacial score (nSPS) is 24.1. The van der Waals surface area contributed by atoms with E-state index in [0.29, 0.717) is 25.3 Å². The van der Waals surface area contributed by atoms with Gasteiger partial charge in [0.25, 0.3) is 0 Å². The molecule has 10 heteroatoms. The number of carbonyl (C=O) groups is 2. The highest BCUT2D eigenvalue weighted by Gasteiger charge is 2.36. The molecule has 0 bridgehead atoms. The molecule has 4 N–H and O–H groups in total. The number of nitrogens with zero attached hydrogens (tertiary/aromatic N) is 2. The first kappa shape index (κ1) is 33.5. The van der Waals surface area contributed by atoms with E-state index in [4.69, 9.17) is 14.7 Å². The van der Waals surface area contributed by atoms with Gasteiger partial charge in [0.05, 0.1) is 18.8 Å². The molecule has 3 aliphatic rings. The number of likely N-dealkylation sites (tertiary alicyclic amines) is 2. The topological polar surface area (TPSA) is 124 Å². The van der Waals surface area contributed by atoms with Crippen LogP contribution in [0.1, 0.15) is 99.7 Å². The number of unbranched alkanes of at least 4 members (excludes halogenated alkanes) is 3. The third kappa shape index (κ3) is 10.1. The molecule has 3 heterocycles. The van der Waals surface area contributed by atoms with Crippen LogP contribution in [-0.2, 0) is 25.7 Å². The molecule has 0 saturated carbocycles. The number of rotatable bonds is 15. The van der Waals surface area contributed by atoms with Crippen LogP contribution in [-0.4, -0.2) is 76.8 Å². The van der Waals surface area contributed by atoms with Crippen molar-refractivity contribution < 1.29 is 29.4 Å². The summed E-state index contributed by atoms with van der Waals surface area (Å²) in [7, 11) is 0. The van der Waals surface area contributed by atoms with Gasteiger partial charge in [-0.15, -0.1) is 0 Å². The molecule has 45 heavy (non-hydrogen) atoms. The monoisotopic (exact) mass is 622 g/mol. The molecule has 3 fully saturated rings. The lowest BCUT2D eigenvalue weighted by Crippen LogP contribution is -2.45. The van der Waals surface area contributed by atoms with E-state index in [9.17, 15) is 14.7 Å². The Morgan fingerprint density at radius 1 is 0.800 bits per heavy atom. The number of nitrogens with one attached hydrogen (secondary N) is 2. The second-order valence-corrected chi connectivity index (χ2v) is 12.8. The number of hydroxylamine groups is 1. The van der Waals surface area contributed by atoms with Crippen LogP contribution in [0.15, 0.2) is 48.5 Å². The summed E-state index contributed by atoms with van der Waals surface area (Å²) >= 11 is 0. The van der Waals surface area contributed by atoms with Crippen LogP contribution in [0.5, 0.6) is 0 Å². The predicted octanol–water partition coefficient (Wildman–Crippen LogP) is 5.07. The van der Waals surface area contributed by atoms with Crippen molar-refractivity contribution in [2.75, 3.05) is 38.0 Å². The minimum absolute atomic E-state index is 0.0158. The Morgan fingerprint density at radius 3 is 2.18 bits per heavy atom. The average Bonchev–Trinajstić information content (AvgIpc) is 3.75. The molecule has 10 nitrogen and oxygen atoms in total. The maximum atomic E-state index is 12.5. The first-order valence-corrected chi connectivity index (χ1v) is 16.8. The van der Waals surface area contributed by atoms with Crippen molar-refractivity contribution >= 4 is 17.5 Å². The van der Waals surface area contributed by atoms with Crippen LogP contribution in [0.4, 0.5) is 5.69 Å². The van der Waals surface area contributed by atoms with Crippen LogP contribution in [0.3, 0.4) is 0 Å². The minimum Gasteiger partial charge on any atom is -0.392 e. The summed E-state index contributed by atoms with van der Waals surface area (Å²) in [5.41, 5.74) is 5.25. The molecule has 0 spiro atoms. The Hall–Kier alpha value is -2.86. The predicted molar refractivity (Wildman–Crippen MR) is 171 cm³/mol. The van der Waals surface area contributed by atoms with Crippen molar-refractivity contribution in [1.29, 1.82) is 0 Å². The Labute approximate surface area is 267 Å². The Balaban J connectivity index is 1.18. The summed E-state index contributed by atoms with van der Waals surface area (Å²) < 4.78 is 13.2. The van der Waals surface area contributed by atoms with Gasteiger partial charge in [0.2, 0.25) is 11.8 Å². The SMILES string of the molecule is O=C(CCCCCCC(=O)Nc1ccc(C2OC(CN3CCCC3CN3CCCC3)CC(c3ccc(CO)cc3)O2)cc1)NO. The van der Waals surface area contributed by atoms with Crippen molar-refractivity contribution in [1.82, 2.24) is 15.3 Å². The van der Waals surface area contributed by atoms with E-state index in [1.165, 1.54) is 38.8 Å². The lowest BCUT2D eigenvalue weighted by molar-refractivity contribution is -0.253.